The second kappa shape index (κ2) is 6.63. The summed E-state index contributed by atoms with van der Waals surface area (Å²) in [5.74, 6) is 0.140. The van der Waals surface area contributed by atoms with Gasteiger partial charge in [0.1, 0.15) is 17.2 Å². The van der Waals surface area contributed by atoms with E-state index in [9.17, 15) is 9.18 Å². The van der Waals surface area contributed by atoms with Crippen molar-refractivity contribution in [2.24, 2.45) is 0 Å². The van der Waals surface area contributed by atoms with Crippen LogP contribution < -0.4 is 10.1 Å². The third-order valence-electron chi connectivity index (χ3n) is 4.88. The molecule has 3 rings (SSSR count). The quantitative estimate of drug-likeness (QED) is 0.888. The van der Waals surface area contributed by atoms with Crippen LogP contribution in [0, 0.1) is 5.82 Å². The molecule has 0 bridgehead atoms. The molecule has 24 heavy (non-hydrogen) atoms. The lowest BCUT2D eigenvalue weighted by molar-refractivity contribution is 0.0227. The van der Waals surface area contributed by atoms with Gasteiger partial charge in [-0.15, -0.1) is 0 Å². The third-order valence-corrected chi connectivity index (χ3v) is 4.88. The lowest BCUT2D eigenvalue weighted by Gasteiger charge is -2.41. The van der Waals surface area contributed by atoms with Gasteiger partial charge < -0.3 is 10.1 Å². The third kappa shape index (κ3) is 3.14. The number of amides is 1. The van der Waals surface area contributed by atoms with Gasteiger partial charge in [-0.3, -0.25) is 4.79 Å². The van der Waals surface area contributed by atoms with E-state index >= 15 is 0 Å². The summed E-state index contributed by atoms with van der Waals surface area (Å²) in [6.07, 6.45) is 2.44. The summed E-state index contributed by atoms with van der Waals surface area (Å²) in [6, 6.07) is 13.4. The van der Waals surface area contributed by atoms with Gasteiger partial charge in [0.15, 0.2) is 0 Å². The summed E-state index contributed by atoms with van der Waals surface area (Å²) in [7, 11) is 0. The van der Waals surface area contributed by atoms with Gasteiger partial charge in [0, 0.05) is 17.5 Å². The second-order valence-electron chi connectivity index (χ2n) is 6.27. The van der Waals surface area contributed by atoms with Crippen molar-refractivity contribution in [1.29, 1.82) is 0 Å². The van der Waals surface area contributed by atoms with Gasteiger partial charge >= 0.3 is 0 Å². The number of nitrogens with one attached hydrogen (secondary N) is 1. The largest absolute Gasteiger partial charge is 0.487 e. The molecule has 1 amide bonds. The molecule has 0 saturated heterocycles. The number of rotatable bonds is 4. The maximum atomic E-state index is 13.4. The van der Waals surface area contributed by atoms with Crippen molar-refractivity contribution in [3.05, 3.63) is 65.5 Å². The number of fused-ring (bicyclic) bond motifs is 1. The van der Waals surface area contributed by atoms with Gasteiger partial charge in [0.05, 0.1) is 6.04 Å². The predicted molar refractivity (Wildman–Crippen MR) is 91.6 cm³/mol. The molecule has 0 unspecified atom stereocenters. The molecule has 1 aliphatic rings. The summed E-state index contributed by atoms with van der Waals surface area (Å²) in [6.45, 7) is 4.20. The van der Waals surface area contributed by atoms with Gasteiger partial charge in [0.25, 0.3) is 5.91 Å². The molecule has 0 spiro atoms. The van der Waals surface area contributed by atoms with E-state index in [1.54, 1.807) is 12.1 Å². The smallest absolute Gasteiger partial charge is 0.251 e. The van der Waals surface area contributed by atoms with Crippen molar-refractivity contribution in [1.82, 2.24) is 5.32 Å². The Morgan fingerprint density at radius 2 is 1.96 bits per heavy atom. The molecular formula is C20H22FNO2. The highest BCUT2D eigenvalue weighted by Crippen LogP contribution is 2.42. The summed E-state index contributed by atoms with van der Waals surface area (Å²) < 4.78 is 19.6. The van der Waals surface area contributed by atoms with Gasteiger partial charge in [-0.05, 0) is 37.1 Å². The minimum atomic E-state index is -0.411. The van der Waals surface area contributed by atoms with Crippen molar-refractivity contribution in [3.63, 3.8) is 0 Å². The van der Waals surface area contributed by atoms with Crippen molar-refractivity contribution in [3.8, 4) is 5.75 Å². The zero-order valence-corrected chi connectivity index (χ0v) is 14.0. The van der Waals surface area contributed by atoms with Crippen LogP contribution in [0.2, 0.25) is 0 Å². The van der Waals surface area contributed by atoms with Gasteiger partial charge in [-0.1, -0.05) is 38.1 Å². The summed E-state index contributed by atoms with van der Waals surface area (Å²) in [4.78, 5) is 12.5. The molecule has 0 saturated carbocycles. The Balaban J connectivity index is 1.90. The lowest BCUT2D eigenvalue weighted by atomic mass is 9.83. The molecule has 2 aromatic carbocycles. The number of ether oxygens (including phenoxy) is 1. The molecule has 0 aliphatic carbocycles. The van der Waals surface area contributed by atoms with Gasteiger partial charge in [-0.2, -0.15) is 0 Å². The fourth-order valence-corrected chi connectivity index (χ4v) is 3.30. The molecule has 0 aromatic heterocycles. The van der Waals surface area contributed by atoms with Crippen LogP contribution in [0.4, 0.5) is 4.39 Å². The van der Waals surface area contributed by atoms with Crippen molar-refractivity contribution in [2.75, 3.05) is 0 Å². The number of hydrogen-bond acceptors (Lipinski definition) is 2. The Labute approximate surface area is 141 Å². The lowest BCUT2D eigenvalue weighted by Crippen LogP contribution is -2.44. The molecule has 3 nitrogen and oxygen atoms in total. The topological polar surface area (TPSA) is 38.3 Å². The van der Waals surface area contributed by atoms with Crippen LogP contribution in [0.15, 0.2) is 48.5 Å². The maximum absolute atomic E-state index is 13.4. The van der Waals surface area contributed by atoms with E-state index in [2.05, 4.69) is 19.2 Å². The molecule has 1 heterocycles. The van der Waals surface area contributed by atoms with E-state index in [1.165, 1.54) is 12.1 Å². The number of benzene rings is 2. The minimum Gasteiger partial charge on any atom is -0.487 e. The molecule has 1 N–H and O–H groups in total. The van der Waals surface area contributed by atoms with E-state index in [0.29, 0.717) is 12.0 Å². The van der Waals surface area contributed by atoms with E-state index in [4.69, 9.17) is 4.74 Å². The molecule has 0 fully saturated rings. The molecular weight excluding hydrogens is 305 g/mol. The Morgan fingerprint density at radius 3 is 2.67 bits per heavy atom. The first kappa shape index (κ1) is 16.5. The Kier molecular flexibility index (Phi) is 4.56. The minimum absolute atomic E-state index is 0.148. The van der Waals surface area contributed by atoms with Crippen LogP contribution in [-0.2, 0) is 0 Å². The average Bonchev–Trinajstić information content (AvgIpc) is 2.61. The van der Waals surface area contributed by atoms with Crippen molar-refractivity contribution in [2.45, 2.75) is 44.8 Å². The molecule has 1 aliphatic heterocycles. The molecule has 4 heteroatoms. The van der Waals surface area contributed by atoms with Crippen LogP contribution in [0.1, 0.15) is 55.1 Å². The standard InChI is InChI=1S/C20H22FNO2/c1-3-20(4-2)13-17(16-10-5-6-11-18(16)24-20)22-19(23)14-8-7-9-15(21)12-14/h5-12,17H,3-4,13H2,1-2H3,(H,22,23)/t17-/m1/s1. The number of carbonyl (C=O) groups is 1. The Morgan fingerprint density at radius 1 is 1.21 bits per heavy atom. The number of halogens is 1. The SMILES string of the molecule is CCC1(CC)C[C@@H](NC(=O)c2cccc(F)c2)c2ccccc2O1. The zero-order chi connectivity index (χ0) is 17.2. The molecule has 126 valence electrons. The van der Waals surface area contributed by atoms with Crippen LogP contribution in [0.25, 0.3) is 0 Å². The highest BCUT2D eigenvalue weighted by Gasteiger charge is 2.38. The van der Waals surface area contributed by atoms with Gasteiger partial charge in [0.2, 0.25) is 0 Å². The zero-order valence-electron chi connectivity index (χ0n) is 14.0. The summed E-state index contributed by atoms with van der Waals surface area (Å²) in [5, 5.41) is 3.06. The fraction of sp³-hybridized carbons (Fsp3) is 0.350. The summed E-state index contributed by atoms with van der Waals surface area (Å²) in [5.41, 5.74) is 1.02. The number of carbonyl (C=O) groups excluding carboxylic acids is 1. The highest BCUT2D eigenvalue weighted by molar-refractivity contribution is 5.94. The number of para-hydroxylation sites is 1. The van der Waals surface area contributed by atoms with E-state index in [0.717, 1.165) is 24.2 Å². The molecule has 0 radical (unpaired) electrons. The van der Waals surface area contributed by atoms with Crippen LogP contribution in [0.5, 0.6) is 5.75 Å². The predicted octanol–water partition coefficient (Wildman–Crippen LogP) is 4.64. The van der Waals surface area contributed by atoms with Crippen LogP contribution in [0.3, 0.4) is 0 Å². The van der Waals surface area contributed by atoms with Crippen molar-refractivity contribution >= 4 is 5.91 Å². The van der Waals surface area contributed by atoms with E-state index in [1.807, 2.05) is 24.3 Å². The second-order valence-corrected chi connectivity index (χ2v) is 6.27. The molecule has 2 aromatic rings. The Hall–Kier alpha value is -2.36. The average molecular weight is 327 g/mol. The Bertz CT molecular complexity index is 740. The highest BCUT2D eigenvalue weighted by atomic mass is 19.1. The van der Waals surface area contributed by atoms with Gasteiger partial charge in [-0.25, -0.2) is 4.39 Å². The monoisotopic (exact) mass is 327 g/mol. The van der Waals surface area contributed by atoms with Crippen LogP contribution in [-0.4, -0.2) is 11.5 Å². The van der Waals surface area contributed by atoms with Crippen molar-refractivity contribution < 1.29 is 13.9 Å². The first-order chi connectivity index (χ1) is 11.6. The van der Waals surface area contributed by atoms with E-state index < -0.39 is 5.82 Å². The molecule has 1 atom stereocenters. The normalized spacial score (nSPS) is 18.4. The fourth-order valence-electron chi connectivity index (χ4n) is 3.30. The van der Waals surface area contributed by atoms with Crippen LogP contribution >= 0.6 is 0 Å². The maximum Gasteiger partial charge on any atom is 0.251 e. The summed E-state index contributed by atoms with van der Waals surface area (Å²) >= 11 is 0. The first-order valence-electron chi connectivity index (χ1n) is 8.41. The first-order valence-corrected chi connectivity index (χ1v) is 8.41. The number of hydrogen-bond donors (Lipinski definition) is 1. The van der Waals surface area contributed by atoms with E-state index in [-0.39, 0.29) is 17.6 Å².